The van der Waals surface area contributed by atoms with Gasteiger partial charge in [-0.2, -0.15) is 0 Å². The van der Waals surface area contributed by atoms with Crippen LogP contribution in [0.2, 0.25) is 0 Å². The predicted octanol–water partition coefficient (Wildman–Crippen LogP) is 5.01. The Bertz CT molecular complexity index is 295. The maximum absolute atomic E-state index is 2.29. The van der Waals surface area contributed by atoms with Crippen molar-refractivity contribution in [1.29, 1.82) is 0 Å². The molecule has 1 rings (SSSR count). The molecule has 0 N–H and O–H groups in total. The van der Waals surface area contributed by atoms with Crippen molar-refractivity contribution in [2.75, 3.05) is 0 Å². The summed E-state index contributed by atoms with van der Waals surface area (Å²) in [6, 6.07) is 6.67. The van der Waals surface area contributed by atoms with Crippen molar-refractivity contribution in [3.8, 4) is 0 Å². The van der Waals surface area contributed by atoms with Crippen LogP contribution in [0.15, 0.2) is 24.3 Å². The molecule has 0 aliphatic carbocycles. The second-order valence-corrected chi connectivity index (χ2v) is 3.45. The van der Waals surface area contributed by atoms with Crippen molar-refractivity contribution in [3.63, 3.8) is 0 Å². The fourth-order valence-corrected chi connectivity index (χ4v) is 1.56. The van der Waals surface area contributed by atoms with Crippen molar-refractivity contribution < 1.29 is 0 Å². The lowest BCUT2D eigenvalue weighted by Crippen LogP contribution is -1.89. The highest BCUT2D eigenvalue weighted by atomic mass is 14.0. The van der Waals surface area contributed by atoms with E-state index in [1.54, 1.807) is 0 Å². The van der Waals surface area contributed by atoms with Crippen LogP contribution in [-0.2, 0) is 6.42 Å². The highest BCUT2D eigenvalue weighted by Gasteiger charge is 1.97. The first-order chi connectivity index (χ1) is 7.27. The van der Waals surface area contributed by atoms with E-state index >= 15 is 0 Å². The highest BCUT2D eigenvalue weighted by Crippen LogP contribution is 2.15. The minimum Gasteiger partial charge on any atom is -0.0871 e. The molecule has 0 bridgehead atoms. The molecule has 0 aromatic heterocycles. The average molecular weight is 204 g/mol. The van der Waals surface area contributed by atoms with Gasteiger partial charge < -0.3 is 0 Å². The van der Waals surface area contributed by atoms with Crippen LogP contribution in [0.4, 0.5) is 0 Å². The molecule has 0 nitrogen and oxygen atoms in total. The Morgan fingerprint density at radius 1 is 1.20 bits per heavy atom. The van der Waals surface area contributed by atoms with E-state index in [2.05, 4.69) is 51.1 Å². The van der Waals surface area contributed by atoms with Crippen LogP contribution in [0.1, 0.15) is 50.8 Å². The molecule has 1 aromatic rings. The summed E-state index contributed by atoms with van der Waals surface area (Å²) in [5.74, 6) is 0. The molecule has 0 heteroatoms. The van der Waals surface area contributed by atoms with Crippen LogP contribution in [0.5, 0.6) is 0 Å². The maximum atomic E-state index is 2.29. The van der Waals surface area contributed by atoms with Crippen LogP contribution in [0.25, 0.3) is 6.08 Å². The SMILES string of the molecule is C/C=C\c1ccc(C)cc1CCC.CC. The standard InChI is InChI=1S/C13H18.C2H6/c1-4-6-12-9-8-11(3)10-13(12)7-5-2;1-2/h4,6,8-10H,5,7H2,1-3H3;1-2H3/b6-4-;. The molecule has 0 unspecified atom stereocenters. The van der Waals surface area contributed by atoms with Crippen molar-refractivity contribution >= 4 is 6.08 Å². The van der Waals surface area contributed by atoms with Crippen molar-refractivity contribution in [2.45, 2.75) is 47.5 Å². The third-order valence-corrected chi connectivity index (χ3v) is 2.16. The molecule has 0 spiro atoms. The molecule has 84 valence electrons. The monoisotopic (exact) mass is 204 g/mol. The first kappa shape index (κ1) is 14.0. The summed E-state index contributed by atoms with van der Waals surface area (Å²) < 4.78 is 0. The fraction of sp³-hybridized carbons (Fsp3) is 0.467. The van der Waals surface area contributed by atoms with E-state index in [0.29, 0.717) is 0 Å². The van der Waals surface area contributed by atoms with E-state index in [1.165, 1.54) is 29.5 Å². The Morgan fingerprint density at radius 3 is 2.40 bits per heavy atom. The molecule has 0 saturated heterocycles. The summed E-state index contributed by atoms with van der Waals surface area (Å²) in [4.78, 5) is 0. The maximum Gasteiger partial charge on any atom is -0.0228 e. The molecule has 0 fully saturated rings. The van der Waals surface area contributed by atoms with Crippen LogP contribution in [-0.4, -0.2) is 0 Å². The van der Waals surface area contributed by atoms with Crippen molar-refractivity contribution in [3.05, 3.63) is 41.0 Å². The van der Waals surface area contributed by atoms with Crippen LogP contribution in [0, 0.1) is 6.92 Å². The molecule has 15 heavy (non-hydrogen) atoms. The normalized spacial score (nSPS) is 9.93. The number of hydrogen-bond acceptors (Lipinski definition) is 0. The molecule has 1 aromatic carbocycles. The Hall–Kier alpha value is -1.04. The number of allylic oxidation sites excluding steroid dienone is 1. The topological polar surface area (TPSA) is 0 Å². The van der Waals surface area contributed by atoms with E-state index in [4.69, 9.17) is 0 Å². The van der Waals surface area contributed by atoms with Gasteiger partial charge in [0, 0.05) is 0 Å². The van der Waals surface area contributed by atoms with E-state index < -0.39 is 0 Å². The minimum absolute atomic E-state index is 1.18. The van der Waals surface area contributed by atoms with Crippen LogP contribution >= 0.6 is 0 Å². The zero-order valence-corrected chi connectivity index (χ0v) is 10.8. The summed E-state index contributed by atoms with van der Waals surface area (Å²) >= 11 is 0. The molecule has 0 saturated carbocycles. The Balaban J connectivity index is 0.000000921. The fourth-order valence-electron chi connectivity index (χ4n) is 1.56. The van der Waals surface area contributed by atoms with Gasteiger partial charge in [0.1, 0.15) is 0 Å². The van der Waals surface area contributed by atoms with Gasteiger partial charge in [-0.05, 0) is 31.4 Å². The van der Waals surface area contributed by atoms with E-state index in [-0.39, 0.29) is 0 Å². The second kappa shape index (κ2) is 8.28. The third-order valence-electron chi connectivity index (χ3n) is 2.16. The summed E-state index contributed by atoms with van der Waals surface area (Å²) in [7, 11) is 0. The largest absolute Gasteiger partial charge is 0.0871 e. The van der Waals surface area contributed by atoms with Gasteiger partial charge in [-0.3, -0.25) is 0 Å². The van der Waals surface area contributed by atoms with Gasteiger partial charge in [-0.1, -0.05) is 63.1 Å². The van der Waals surface area contributed by atoms with Crippen LogP contribution < -0.4 is 0 Å². The lowest BCUT2D eigenvalue weighted by Gasteiger charge is -2.05. The van der Waals surface area contributed by atoms with Crippen LogP contribution in [0.3, 0.4) is 0 Å². The number of benzene rings is 1. The molecular weight excluding hydrogens is 180 g/mol. The Morgan fingerprint density at radius 2 is 1.87 bits per heavy atom. The quantitative estimate of drug-likeness (QED) is 0.649. The van der Waals surface area contributed by atoms with E-state index in [0.717, 1.165) is 0 Å². The van der Waals surface area contributed by atoms with Crippen molar-refractivity contribution in [2.24, 2.45) is 0 Å². The first-order valence-electron chi connectivity index (χ1n) is 6.00. The van der Waals surface area contributed by atoms with E-state index in [1.807, 2.05) is 13.8 Å². The van der Waals surface area contributed by atoms with Gasteiger partial charge in [0.25, 0.3) is 0 Å². The summed E-state index contributed by atoms with van der Waals surface area (Å²) in [5, 5.41) is 0. The first-order valence-corrected chi connectivity index (χ1v) is 6.00. The minimum atomic E-state index is 1.18. The molecule has 0 amide bonds. The molecule has 0 aliphatic rings. The Labute approximate surface area is 95.0 Å². The average Bonchev–Trinajstić information content (AvgIpc) is 2.26. The second-order valence-electron chi connectivity index (χ2n) is 3.45. The zero-order valence-electron chi connectivity index (χ0n) is 10.8. The summed E-state index contributed by atoms with van der Waals surface area (Å²) in [5.41, 5.74) is 4.20. The van der Waals surface area contributed by atoms with E-state index in [9.17, 15) is 0 Å². The molecule has 0 atom stereocenters. The van der Waals surface area contributed by atoms with Gasteiger partial charge in [-0.25, -0.2) is 0 Å². The lowest BCUT2D eigenvalue weighted by atomic mass is 10.0. The van der Waals surface area contributed by atoms with Gasteiger partial charge in [0.15, 0.2) is 0 Å². The van der Waals surface area contributed by atoms with Crippen molar-refractivity contribution in [1.82, 2.24) is 0 Å². The van der Waals surface area contributed by atoms with Gasteiger partial charge in [0.2, 0.25) is 0 Å². The van der Waals surface area contributed by atoms with Gasteiger partial charge in [-0.15, -0.1) is 0 Å². The van der Waals surface area contributed by atoms with Gasteiger partial charge >= 0.3 is 0 Å². The lowest BCUT2D eigenvalue weighted by molar-refractivity contribution is 0.918. The number of rotatable bonds is 3. The summed E-state index contributed by atoms with van der Waals surface area (Å²) in [6.07, 6.45) is 6.68. The van der Waals surface area contributed by atoms with Gasteiger partial charge in [0.05, 0.1) is 0 Å². The zero-order chi connectivity index (χ0) is 11.7. The molecule has 0 aliphatic heterocycles. The Kier molecular flexibility index (Phi) is 7.71. The molecule has 0 radical (unpaired) electrons. The molecular formula is C15H24. The third kappa shape index (κ3) is 4.83. The number of hydrogen-bond donors (Lipinski definition) is 0. The summed E-state index contributed by atoms with van der Waals surface area (Å²) in [6.45, 7) is 10.4. The highest BCUT2D eigenvalue weighted by molar-refractivity contribution is 5.54. The predicted molar refractivity (Wildman–Crippen MR) is 71.2 cm³/mol. The molecule has 0 heterocycles. The number of aryl methyl sites for hydroxylation is 2. The smallest absolute Gasteiger partial charge is 0.0228 e.